The van der Waals surface area contributed by atoms with Crippen molar-refractivity contribution in [3.8, 4) is 11.5 Å². The molecule has 3 heterocycles. The number of carbonyl (C=O) groups is 1. The molecule has 124 valence electrons. The van der Waals surface area contributed by atoms with Gasteiger partial charge in [0.05, 0.1) is 19.3 Å². The highest BCUT2D eigenvalue weighted by Gasteiger charge is 2.47. The third-order valence-corrected chi connectivity index (χ3v) is 4.45. The van der Waals surface area contributed by atoms with E-state index in [1.807, 2.05) is 18.2 Å². The third kappa shape index (κ3) is 2.87. The van der Waals surface area contributed by atoms with Gasteiger partial charge < -0.3 is 29.4 Å². The first-order chi connectivity index (χ1) is 11.2. The topological polar surface area (TPSA) is 86.3 Å². The van der Waals surface area contributed by atoms with Crippen LogP contribution in [0.5, 0.6) is 11.5 Å². The number of nitrogens with one attached hydrogen (secondary N) is 1. The van der Waals surface area contributed by atoms with Gasteiger partial charge in [0.1, 0.15) is 18.3 Å². The molecule has 0 spiro atoms. The van der Waals surface area contributed by atoms with E-state index in [4.69, 9.17) is 18.9 Å². The van der Waals surface area contributed by atoms with Crippen LogP contribution in [0.2, 0.25) is 0 Å². The van der Waals surface area contributed by atoms with Gasteiger partial charge in [-0.25, -0.2) is 0 Å². The molecular weight excluding hydrogens is 302 g/mol. The molecule has 23 heavy (non-hydrogen) atoms. The van der Waals surface area contributed by atoms with Crippen LogP contribution in [0.1, 0.15) is 12.0 Å². The summed E-state index contributed by atoms with van der Waals surface area (Å²) >= 11 is 0. The van der Waals surface area contributed by atoms with Gasteiger partial charge in [0.15, 0.2) is 11.5 Å². The molecule has 2 N–H and O–H groups in total. The predicted molar refractivity (Wildman–Crippen MR) is 78.3 cm³/mol. The van der Waals surface area contributed by atoms with E-state index in [1.54, 1.807) is 0 Å². The average molecular weight is 321 g/mol. The highest BCUT2D eigenvalue weighted by Crippen LogP contribution is 2.32. The lowest BCUT2D eigenvalue weighted by Crippen LogP contribution is -2.44. The Bertz CT molecular complexity index is 606. The number of aryl methyl sites for hydroxylation is 1. The molecule has 0 saturated carbocycles. The van der Waals surface area contributed by atoms with E-state index in [2.05, 4.69) is 5.32 Å². The second-order valence-electron chi connectivity index (χ2n) is 6.02. The fourth-order valence-electron chi connectivity index (χ4n) is 3.24. The van der Waals surface area contributed by atoms with Gasteiger partial charge in [0, 0.05) is 6.42 Å². The van der Waals surface area contributed by atoms with Crippen LogP contribution in [-0.4, -0.2) is 55.4 Å². The van der Waals surface area contributed by atoms with Gasteiger partial charge in [-0.3, -0.25) is 4.79 Å². The monoisotopic (exact) mass is 321 g/mol. The maximum atomic E-state index is 12.1. The van der Waals surface area contributed by atoms with Gasteiger partial charge >= 0.3 is 0 Å². The molecule has 4 atom stereocenters. The number of ether oxygens (including phenoxy) is 4. The van der Waals surface area contributed by atoms with E-state index in [-0.39, 0.29) is 37.6 Å². The van der Waals surface area contributed by atoms with Crippen molar-refractivity contribution in [3.05, 3.63) is 23.8 Å². The number of fused-ring (bicyclic) bond motifs is 2. The molecule has 0 aromatic heterocycles. The summed E-state index contributed by atoms with van der Waals surface area (Å²) in [6, 6.07) is 5.51. The highest BCUT2D eigenvalue weighted by atomic mass is 16.7. The van der Waals surface area contributed by atoms with Crippen molar-refractivity contribution in [2.75, 3.05) is 20.0 Å². The average Bonchev–Trinajstić information content (AvgIpc) is 3.24. The Morgan fingerprint density at radius 1 is 1.17 bits per heavy atom. The standard InChI is InChI=1S/C16H19NO6/c18-11-7-21-15-10(6-20-16(11)15)17-14(19)4-2-9-1-3-12-13(5-9)23-8-22-12/h1,3,5,10-11,15-16,18H,2,4,6-8H2,(H,17,19)/t10-,11-,15-,16-/m1/s1. The third-order valence-electron chi connectivity index (χ3n) is 4.45. The second-order valence-corrected chi connectivity index (χ2v) is 6.02. The van der Waals surface area contributed by atoms with Crippen molar-refractivity contribution in [2.45, 2.75) is 37.2 Å². The van der Waals surface area contributed by atoms with Crippen LogP contribution < -0.4 is 14.8 Å². The van der Waals surface area contributed by atoms with Crippen molar-refractivity contribution in [1.29, 1.82) is 0 Å². The zero-order valence-corrected chi connectivity index (χ0v) is 12.6. The number of aliphatic hydroxyl groups excluding tert-OH is 1. The molecule has 4 rings (SSSR count). The lowest BCUT2D eigenvalue weighted by molar-refractivity contribution is -0.122. The number of amides is 1. The van der Waals surface area contributed by atoms with E-state index in [1.165, 1.54) is 0 Å². The molecule has 3 aliphatic rings. The number of benzene rings is 1. The van der Waals surface area contributed by atoms with Crippen LogP contribution in [0, 0.1) is 0 Å². The maximum absolute atomic E-state index is 12.1. The Balaban J connectivity index is 1.29. The smallest absolute Gasteiger partial charge is 0.231 e. The van der Waals surface area contributed by atoms with Gasteiger partial charge in [0.25, 0.3) is 0 Å². The Hall–Kier alpha value is -1.83. The van der Waals surface area contributed by atoms with Gasteiger partial charge in [0.2, 0.25) is 12.7 Å². The van der Waals surface area contributed by atoms with E-state index >= 15 is 0 Å². The quantitative estimate of drug-likeness (QED) is 0.811. The molecule has 0 aliphatic carbocycles. The Kier molecular flexibility index (Phi) is 3.84. The molecule has 7 heteroatoms. The van der Waals surface area contributed by atoms with Crippen LogP contribution in [0.15, 0.2) is 18.2 Å². The largest absolute Gasteiger partial charge is 0.454 e. The summed E-state index contributed by atoms with van der Waals surface area (Å²) in [6.45, 7) is 0.885. The summed E-state index contributed by atoms with van der Waals surface area (Å²) < 4.78 is 21.6. The fourth-order valence-corrected chi connectivity index (χ4v) is 3.24. The van der Waals surface area contributed by atoms with Gasteiger partial charge in [-0.1, -0.05) is 6.07 Å². The summed E-state index contributed by atoms with van der Waals surface area (Å²) in [5.74, 6) is 1.41. The minimum atomic E-state index is -0.601. The Morgan fingerprint density at radius 2 is 2.00 bits per heavy atom. The lowest BCUT2D eigenvalue weighted by Gasteiger charge is -2.17. The number of aliphatic hydroxyl groups is 1. The predicted octanol–water partition coefficient (Wildman–Crippen LogP) is -0.00880. The first-order valence-electron chi connectivity index (χ1n) is 7.80. The normalized spacial score (nSPS) is 31.2. The van der Waals surface area contributed by atoms with Crippen molar-refractivity contribution >= 4 is 5.91 Å². The molecule has 2 fully saturated rings. The van der Waals surface area contributed by atoms with Crippen LogP contribution >= 0.6 is 0 Å². The molecule has 0 unspecified atom stereocenters. The van der Waals surface area contributed by atoms with Crippen molar-refractivity contribution in [2.24, 2.45) is 0 Å². The zero-order chi connectivity index (χ0) is 15.8. The van der Waals surface area contributed by atoms with Crippen LogP contribution in [0.4, 0.5) is 0 Å². The van der Waals surface area contributed by atoms with Gasteiger partial charge in [-0.05, 0) is 24.1 Å². The molecule has 1 aromatic carbocycles. The van der Waals surface area contributed by atoms with E-state index in [9.17, 15) is 9.90 Å². The molecule has 0 bridgehead atoms. The van der Waals surface area contributed by atoms with E-state index < -0.39 is 6.10 Å². The summed E-state index contributed by atoms with van der Waals surface area (Å²) in [4.78, 5) is 12.1. The maximum Gasteiger partial charge on any atom is 0.231 e. The van der Waals surface area contributed by atoms with Gasteiger partial charge in [-0.2, -0.15) is 0 Å². The number of carbonyl (C=O) groups excluding carboxylic acids is 1. The molecule has 0 radical (unpaired) electrons. The Morgan fingerprint density at radius 3 is 2.91 bits per heavy atom. The number of hydrogen-bond donors (Lipinski definition) is 2. The molecule has 7 nitrogen and oxygen atoms in total. The minimum absolute atomic E-state index is 0.0538. The molecule has 3 aliphatic heterocycles. The second kappa shape index (κ2) is 5.99. The first-order valence-corrected chi connectivity index (χ1v) is 7.80. The minimum Gasteiger partial charge on any atom is -0.454 e. The summed E-state index contributed by atoms with van der Waals surface area (Å²) in [7, 11) is 0. The first kappa shape index (κ1) is 14.7. The van der Waals surface area contributed by atoms with Crippen LogP contribution in [0.3, 0.4) is 0 Å². The molecule has 1 amide bonds. The SMILES string of the molecule is O=C(CCc1ccc2c(c1)OCO2)N[C@@H]1CO[C@H]2[C@@H]1OC[C@H]2O. The Labute approximate surface area is 133 Å². The summed E-state index contributed by atoms with van der Waals surface area (Å²) in [5, 5.41) is 12.6. The summed E-state index contributed by atoms with van der Waals surface area (Å²) in [6.07, 6.45) is -0.187. The van der Waals surface area contributed by atoms with Crippen molar-refractivity contribution < 1.29 is 28.8 Å². The molecule has 1 aromatic rings. The highest BCUT2D eigenvalue weighted by molar-refractivity contribution is 5.76. The number of rotatable bonds is 4. The van der Waals surface area contributed by atoms with E-state index in [0.29, 0.717) is 19.4 Å². The summed E-state index contributed by atoms with van der Waals surface area (Å²) in [5.41, 5.74) is 1.03. The fraction of sp³-hybridized carbons (Fsp3) is 0.562. The number of hydrogen-bond acceptors (Lipinski definition) is 6. The van der Waals surface area contributed by atoms with E-state index in [0.717, 1.165) is 17.1 Å². The zero-order valence-electron chi connectivity index (χ0n) is 12.6. The van der Waals surface area contributed by atoms with Crippen LogP contribution in [0.25, 0.3) is 0 Å². The lowest BCUT2D eigenvalue weighted by atomic mass is 10.1. The molecular formula is C16H19NO6. The van der Waals surface area contributed by atoms with Crippen molar-refractivity contribution in [1.82, 2.24) is 5.32 Å². The molecule has 2 saturated heterocycles. The van der Waals surface area contributed by atoms with Crippen molar-refractivity contribution in [3.63, 3.8) is 0 Å². The van der Waals surface area contributed by atoms with Crippen LogP contribution in [-0.2, 0) is 20.7 Å². The van der Waals surface area contributed by atoms with Gasteiger partial charge in [-0.15, -0.1) is 0 Å².